The molecule has 96 valence electrons. The Kier molecular flexibility index (Phi) is 4.52. The molecule has 1 saturated heterocycles. The monoisotopic (exact) mass is 318 g/mol. The first kappa shape index (κ1) is 13.4. The van der Waals surface area contributed by atoms with Gasteiger partial charge in [0.15, 0.2) is 0 Å². The molecule has 1 aromatic rings. The van der Waals surface area contributed by atoms with E-state index in [2.05, 4.69) is 40.3 Å². The van der Waals surface area contributed by atoms with Gasteiger partial charge < -0.3 is 0 Å². The smallest absolute Gasteiger partial charge is 0.0759 e. The maximum absolute atomic E-state index is 5.76. The van der Waals surface area contributed by atoms with E-state index in [4.69, 9.17) is 5.84 Å². The van der Waals surface area contributed by atoms with Gasteiger partial charge in [-0.15, -0.1) is 0 Å². The standard InChI is InChI=1S/C11H19BrN4S/c1-7(2)16-11(8(12)6-14-16)10(15-13)9-4-3-5-17-9/h6-7,9-10,15H,3-5,13H2,1-2H3. The average Bonchev–Trinajstić information content (AvgIpc) is 2.91. The van der Waals surface area contributed by atoms with Gasteiger partial charge in [-0.2, -0.15) is 16.9 Å². The molecule has 2 atom stereocenters. The zero-order chi connectivity index (χ0) is 12.4. The van der Waals surface area contributed by atoms with Crippen molar-refractivity contribution in [3.8, 4) is 0 Å². The summed E-state index contributed by atoms with van der Waals surface area (Å²) in [5.74, 6) is 6.99. The fraction of sp³-hybridized carbons (Fsp3) is 0.727. The maximum atomic E-state index is 5.76. The number of rotatable bonds is 4. The molecule has 0 bridgehead atoms. The van der Waals surface area contributed by atoms with Crippen LogP contribution in [0.5, 0.6) is 0 Å². The molecule has 1 aromatic heterocycles. The van der Waals surface area contributed by atoms with Crippen LogP contribution in [0, 0.1) is 0 Å². The van der Waals surface area contributed by atoms with Crippen LogP contribution in [-0.4, -0.2) is 20.8 Å². The van der Waals surface area contributed by atoms with Gasteiger partial charge in [0.2, 0.25) is 0 Å². The first-order valence-electron chi connectivity index (χ1n) is 5.95. The van der Waals surface area contributed by atoms with E-state index in [1.807, 2.05) is 22.6 Å². The quantitative estimate of drug-likeness (QED) is 0.662. The van der Waals surface area contributed by atoms with Gasteiger partial charge in [0.1, 0.15) is 0 Å². The Balaban J connectivity index is 2.32. The minimum absolute atomic E-state index is 0.168. The number of halogens is 1. The molecule has 0 amide bonds. The number of nitrogens with zero attached hydrogens (tertiary/aromatic N) is 2. The van der Waals surface area contributed by atoms with Crippen LogP contribution >= 0.6 is 27.7 Å². The molecule has 0 saturated carbocycles. The lowest BCUT2D eigenvalue weighted by Crippen LogP contribution is -2.36. The molecule has 2 unspecified atom stereocenters. The number of nitrogens with two attached hydrogens (primary N) is 1. The Morgan fingerprint density at radius 1 is 1.65 bits per heavy atom. The minimum Gasteiger partial charge on any atom is -0.271 e. The molecule has 2 rings (SSSR count). The van der Waals surface area contributed by atoms with Gasteiger partial charge in [-0.1, -0.05) is 0 Å². The second-order valence-electron chi connectivity index (χ2n) is 4.61. The molecule has 3 N–H and O–H groups in total. The van der Waals surface area contributed by atoms with Crippen molar-refractivity contribution in [1.29, 1.82) is 0 Å². The van der Waals surface area contributed by atoms with Crippen LogP contribution in [0.4, 0.5) is 0 Å². The number of aromatic nitrogens is 2. The predicted octanol–water partition coefficient (Wildman–Crippen LogP) is 2.63. The van der Waals surface area contributed by atoms with Gasteiger partial charge in [-0.05, 0) is 48.4 Å². The number of hydrogen-bond donors (Lipinski definition) is 2. The van der Waals surface area contributed by atoms with E-state index in [1.165, 1.54) is 24.3 Å². The van der Waals surface area contributed by atoms with Crippen molar-refractivity contribution >= 4 is 27.7 Å². The van der Waals surface area contributed by atoms with Crippen LogP contribution < -0.4 is 11.3 Å². The fourth-order valence-corrected chi connectivity index (χ4v) is 4.17. The lowest BCUT2D eigenvalue weighted by atomic mass is 10.1. The Hall–Kier alpha value is -0.0400. The largest absolute Gasteiger partial charge is 0.271 e. The SMILES string of the molecule is CC(C)n1ncc(Br)c1C(NN)C1CCCS1. The number of hydrogen-bond acceptors (Lipinski definition) is 4. The van der Waals surface area contributed by atoms with Crippen LogP contribution in [0.25, 0.3) is 0 Å². The summed E-state index contributed by atoms with van der Waals surface area (Å²) in [6.45, 7) is 4.27. The Morgan fingerprint density at radius 2 is 2.41 bits per heavy atom. The van der Waals surface area contributed by atoms with Gasteiger partial charge in [0.05, 0.1) is 22.4 Å². The molecular formula is C11H19BrN4S. The Labute approximate surface area is 115 Å². The van der Waals surface area contributed by atoms with Crippen LogP contribution in [0.3, 0.4) is 0 Å². The summed E-state index contributed by atoms with van der Waals surface area (Å²) in [5, 5.41) is 4.97. The van der Waals surface area contributed by atoms with E-state index in [9.17, 15) is 0 Å². The highest BCUT2D eigenvalue weighted by molar-refractivity contribution is 9.10. The lowest BCUT2D eigenvalue weighted by molar-refractivity contribution is 0.435. The predicted molar refractivity (Wildman–Crippen MR) is 75.9 cm³/mol. The van der Waals surface area contributed by atoms with Gasteiger partial charge in [-0.25, -0.2) is 0 Å². The van der Waals surface area contributed by atoms with E-state index in [1.54, 1.807) is 0 Å². The number of hydrazine groups is 1. The van der Waals surface area contributed by atoms with Crippen LogP contribution in [0.15, 0.2) is 10.7 Å². The summed E-state index contributed by atoms with van der Waals surface area (Å²) in [5.41, 5.74) is 4.14. The van der Waals surface area contributed by atoms with E-state index in [0.717, 1.165) is 4.47 Å². The summed E-state index contributed by atoms with van der Waals surface area (Å²) >= 11 is 5.58. The Morgan fingerprint density at radius 3 is 2.94 bits per heavy atom. The van der Waals surface area contributed by atoms with Crippen molar-refractivity contribution in [3.05, 3.63) is 16.4 Å². The molecular weight excluding hydrogens is 300 g/mol. The molecule has 0 radical (unpaired) electrons. The van der Waals surface area contributed by atoms with Crippen molar-refractivity contribution in [2.45, 2.75) is 44.0 Å². The molecule has 6 heteroatoms. The fourth-order valence-electron chi connectivity index (χ4n) is 2.28. The Bertz CT molecular complexity index is 374. The minimum atomic E-state index is 0.168. The number of nitrogens with one attached hydrogen (secondary N) is 1. The van der Waals surface area contributed by atoms with Crippen molar-refractivity contribution in [1.82, 2.24) is 15.2 Å². The topological polar surface area (TPSA) is 55.9 Å². The zero-order valence-corrected chi connectivity index (χ0v) is 12.6. The summed E-state index contributed by atoms with van der Waals surface area (Å²) < 4.78 is 3.09. The third-order valence-electron chi connectivity index (χ3n) is 3.09. The highest BCUT2D eigenvalue weighted by atomic mass is 79.9. The molecule has 1 aliphatic rings. The van der Waals surface area contributed by atoms with Gasteiger partial charge >= 0.3 is 0 Å². The first-order valence-corrected chi connectivity index (χ1v) is 7.80. The second kappa shape index (κ2) is 5.73. The zero-order valence-electron chi connectivity index (χ0n) is 10.2. The lowest BCUT2D eigenvalue weighted by Gasteiger charge is -2.24. The van der Waals surface area contributed by atoms with Crippen molar-refractivity contribution in [2.24, 2.45) is 5.84 Å². The van der Waals surface area contributed by atoms with Crippen LogP contribution in [0.1, 0.15) is 44.5 Å². The van der Waals surface area contributed by atoms with E-state index in [0.29, 0.717) is 11.3 Å². The molecule has 0 aromatic carbocycles. The average molecular weight is 319 g/mol. The van der Waals surface area contributed by atoms with Crippen molar-refractivity contribution in [3.63, 3.8) is 0 Å². The summed E-state index contributed by atoms with van der Waals surface area (Å²) in [7, 11) is 0. The molecule has 0 aliphatic carbocycles. The summed E-state index contributed by atoms with van der Waals surface area (Å²) in [6, 6.07) is 0.514. The van der Waals surface area contributed by atoms with Crippen LogP contribution in [-0.2, 0) is 0 Å². The van der Waals surface area contributed by atoms with Gasteiger partial charge in [0, 0.05) is 11.3 Å². The maximum Gasteiger partial charge on any atom is 0.0759 e. The molecule has 1 aliphatic heterocycles. The third kappa shape index (κ3) is 2.70. The van der Waals surface area contributed by atoms with Gasteiger partial charge in [-0.3, -0.25) is 16.0 Å². The van der Waals surface area contributed by atoms with E-state index >= 15 is 0 Å². The third-order valence-corrected chi connectivity index (χ3v) is 5.16. The molecule has 17 heavy (non-hydrogen) atoms. The van der Waals surface area contributed by atoms with Gasteiger partial charge in [0.25, 0.3) is 0 Å². The van der Waals surface area contributed by atoms with E-state index < -0.39 is 0 Å². The highest BCUT2D eigenvalue weighted by Gasteiger charge is 2.30. The first-order chi connectivity index (χ1) is 8.15. The summed E-state index contributed by atoms with van der Waals surface area (Å²) in [4.78, 5) is 0. The van der Waals surface area contributed by atoms with Crippen molar-refractivity contribution in [2.75, 3.05) is 5.75 Å². The summed E-state index contributed by atoms with van der Waals surface area (Å²) in [6.07, 6.45) is 4.36. The van der Waals surface area contributed by atoms with E-state index in [-0.39, 0.29) is 6.04 Å². The molecule has 2 heterocycles. The molecule has 4 nitrogen and oxygen atoms in total. The van der Waals surface area contributed by atoms with Crippen molar-refractivity contribution < 1.29 is 0 Å². The van der Waals surface area contributed by atoms with Crippen LogP contribution in [0.2, 0.25) is 0 Å². The molecule has 0 spiro atoms. The normalized spacial score (nSPS) is 22.3. The highest BCUT2D eigenvalue weighted by Crippen LogP contribution is 2.38. The molecule has 1 fully saturated rings. The number of thioether (sulfide) groups is 1. The second-order valence-corrected chi connectivity index (χ2v) is 6.81.